The predicted octanol–water partition coefficient (Wildman–Crippen LogP) is -0.0880. The molecule has 214 valence electrons. The van der Waals surface area contributed by atoms with Gasteiger partial charge in [0.05, 0.1) is 24.8 Å². The average molecular weight is 556 g/mol. The predicted molar refractivity (Wildman–Crippen MR) is 139 cm³/mol. The first-order chi connectivity index (χ1) is 18.9. The molecule has 0 bridgehead atoms. The number of fused-ring (bicyclic) bond motifs is 3. The first-order valence-electron chi connectivity index (χ1n) is 13.2. The molecule has 1 aromatic rings. The van der Waals surface area contributed by atoms with Crippen molar-refractivity contribution < 1.29 is 44.3 Å². The van der Waals surface area contributed by atoms with Gasteiger partial charge in [-0.1, -0.05) is 6.07 Å². The molecular weight excluding hydrogens is 522 g/mol. The van der Waals surface area contributed by atoms with E-state index in [1.807, 2.05) is 0 Å². The van der Waals surface area contributed by atoms with E-state index in [0.717, 1.165) is 0 Å². The van der Waals surface area contributed by atoms with Crippen molar-refractivity contribution in [2.75, 3.05) is 40.4 Å². The molecule has 1 aliphatic heterocycles. The summed E-state index contributed by atoms with van der Waals surface area (Å²) < 4.78 is 5.30. The summed E-state index contributed by atoms with van der Waals surface area (Å²) in [7, 11) is 3.16. The Bertz CT molecular complexity index is 1370. The summed E-state index contributed by atoms with van der Waals surface area (Å²) in [5.41, 5.74) is 2.80. The molecule has 1 heterocycles. The fourth-order valence-electron chi connectivity index (χ4n) is 6.76. The second kappa shape index (κ2) is 10.0. The van der Waals surface area contributed by atoms with Gasteiger partial charge < -0.3 is 35.8 Å². The Kier molecular flexibility index (Phi) is 6.97. The number of primary amides is 1. The van der Waals surface area contributed by atoms with Crippen LogP contribution < -0.4 is 5.73 Å². The molecule has 3 aliphatic carbocycles. The maximum Gasteiger partial charge on any atom is 0.255 e. The van der Waals surface area contributed by atoms with Crippen LogP contribution in [0.3, 0.4) is 0 Å². The van der Waals surface area contributed by atoms with Crippen LogP contribution in [0.1, 0.15) is 34.3 Å². The topological polar surface area (TPSA) is 191 Å². The minimum absolute atomic E-state index is 0.00751. The third-order valence-corrected chi connectivity index (χ3v) is 8.67. The molecule has 1 saturated heterocycles. The SMILES string of the molecule is CN(C)C1C(O)=C(C(N)=O)C(=O)[C@]2(O)C(O)=C3C(=O)c4c(O)ccc(CCC(=O)N5CCOCC5)c4C[C@H]3C[C@H]12. The van der Waals surface area contributed by atoms with E-state index in [2.05, 4.69) is 0 Å². The highest BCUT2D eigenvalue weighted by molar-refractivity contribution is 6.24. The van der Waals surface area contributed by atoms with Crippen LogP contribution in [0, 0.1) is 11.8 Å². The maximum absolute atomic E-state index is 13.8. The first kappa shape index (κ1) is 27.8. The number of carbonyl (C=O) groups is 4. The molecule has 6 N–H and O–H groups in total. The number of allylic oxidation sites excluding steroid dienone is 1. The molecule has 0 aromatic heterocycles. The molecule has 12 heteroatoms. The molecule has 4 aliphatic rings. The molecule has 40 heavy (non-hydrogen) atoms. The van der Waals surface area contributed by atoms with Gasteiger partial charge in [0.1, 0.15) is 22.8 Å². The minimum Gasteiger partial charge on any atom is -0.510 e. The molecule has 1 unspecified atom stereocenters. The van der Waals surface area contributed by atoms with Crippen LogP contribution >= 0.6 is 0 Å². The van der Waals surface area contributed by atoms with Gasteiger partial charge in [0.2, 0.25) is 11.7 Å². The quantitative estimate of drug-likeness (QED) is 0.307. The molecular formula is C28H33N3O9. The fraction of sp³-hybridized carbons (Fsp3) is 0.500. The molecule has 5 rings (SSSR count). The second-order valence-electron chi connectivity index (χ2n) is 11.1. The Morgan fingerprint density at radius 1 is 1.15 bits per heavy atom. The number of aliphatic hydroxyl groups excluding tert-OH is 2. The van der Waals surface area contributed by atoms with Crippen LogP contribution in [-0.2, 0) is 32.0 Å². The van der Waals surface area contributed by atoms with Gasteiger partial charge in [-0.05, 0) is 56.5 Å². The molecule has 12 nitrogen and oxygen atoms in total. The van der Waals surface area contributed by atoms with Crippen LogP contribution in [0.4, 0.5) is 0 Å². The number of ketones is 2. The number of morpholine rings is 1. The summed E-state index contributed by atoms with van der Waals surface area (Å²) in [5.74, 6) is -6.94. The highest BCUT2D eigenvalue weighted by Gasteiger charge is 2.63. The number of amides is 2. The monoisotopic (exact) mass is 555 g/mol. The molecule has 2 amide bonds. The van der Waals surface area contributed by atoms with Crippen LogP contribution in [0.2, 0.25) is 0 Å². The summed E-state index contributed by atoms with van der Waals surface area (Å²) in [6, 6.07) is 1.96. The van der Waals surface area contributed by atoms with Gasteiger partial charge >= 0.3 is 0 Å². The van der Waals surface area contributed by atoms with E-state index < -0.39 is 58.0 Å². The van der Waals surface area contributed by atoms with E-state index in [0.29, 0.717) is 43.9 Å². The zero-order valence-electron chi connectivity index (χ0n) is 22.3. The van der Waals surface area contributed by atoms with Crippen LogP contribution in [0.25, 0.3) is 0 Å². The standard InChI is InChI=1S/C28H33N3O9/c1-30(2)22-16-12-14-11-15-13(4-6-18(33)31-7-9-40-10-8-31)3-5-17(32)20(15)23(34)19(14)25(36)28(16,39)26(37)21(24(22)35)27(29)38/h3,5,14,16,22,32,35-36,39H,4,6-12H2,1-2H3,(H2,29,38)/t14-,16+,22?,28+/m0/s1. The normalized spacial score (nSPS) is 28.4. The largest absolute Gasteiger partial charge is 0.510 e. The lowest BCUT2D eigenvalue weighted by atomic mass is 9.58. The minimum atomic E-state index is -2.68. The summed E-state index contributed by atoms with van der Waals surface area (Å²) in [5, 5.41) is 44.6. The van der Waals surface area contributed by atoms with Crippen LogP contribution in [0.15, 0.2) is 34.8 Å². The number of phenolic OH excluding ortho intramolecular Hbond substituents is 1. The van der Waals surface area contributed by atoms with Crippen LogP contribution in [-0.4, -0.2) is 106 Å². The second-order valence-corrected chi connectivity index (χ2v) is 11.1. The number of carbonyl (C=O) groups excluding carboxylic acids is 4. The van der Waals surface area contributed by atoms with Crippen molar-refractivity contribution in [3.05, 3.63) is 51.5 Å². The number of nitrogens with two attached hydrogens (primary N) is 1. The summed E-state index contributed by atoms with van der Waals surface area (Å²) >= 11 is 0. The smallest absolute Gasteiger partial charge is 0.255 e. The Labute approximate surface area is 230 Å². The zero-order valence-corrected chi connectivity index (χ0v) is 22.3. The Hall–Kier alpha value is -3.74. The van der Waals surface area contributed by atoms with E-state index >= 15 is 0 Å². The number of likely N-dealkylation sites (N-methyl/N-ethyl adjacent to an activating group) is 1. The average Bonchev–Trinajstić information content (AvgIpc) is 2.90. The van der Waals surface area contributed by atoms with Gasteiger partial charge in [0.25, 0.3) is 5.91 Å². The van der Waals surface area contributed by atoms with Crippen molar-refractivity contribution in [3.63, 3.8) is 0 Å². The summed E-state index contributed by atoms with van der Waals surface area (Å²) in [6.07, 6.45) is 0.706. The van der Waals surface area contributed by atoms with Crippen LogP contribution in [0.5, 0.6) is 5.75 Å². The van der Waals surface area contributed by atoms with Gasteiger partial charge in [0.15, 0.2) is 11.4 Å². The van der Waals surface area contributed by atoms with E-state index in [-0.39, 0.29) is 42.1 Å². The number of rotatable bonds is 5. The number of hydrogen-bond acceptors (Lipinski definition) is 10. The van der Waals surface area contributed by atoms with E-state index in [1.165, 1.54) is 11.0 Å². The van der Waals surface area contributed by atoms with Gasteiger partial charge in [-0.15, -0.1) is 0 Å². The van der Waals surface area contributed by atoms with Crippen molar-refractivity contribution in [1.29, 1.82) is 0 Å². The highest BCUT2D eigenvalue weighted by Crippen LogP contribution is 2.52. The fourth-order valence-corrected chi connectivity index (χ4v) is 6.76. The third-order valence-electron chi connectivity index (χ3n) is 8.67. The first-order valence-corrected chi connectivity index (χ1v) is 13.2. The Morgan fingerprint density at radius 2 is 1.82 bits per heavy atom. The van der Waals surface area contributed by atoms with Crippen molar-refractivity contribution in [2.24, 2.45) is 17.6 Å². The number of benzene rings is 1. The number of aliphatic hydroxyl groups is 3. The lowest BCUT2D eigenvalue weighted by Gasteiger charge is -2.50. The van der Waals surface area contributed by atoms with Gasteiger partial charge in [0, 0.05) is 31.0 Å². The lowest BCUT2D eigenvalue weighted by Crippen LogP contribution is -2.63. The molecule has 0 spiro atoms. The van der Waals surface area contributed by atoms with Crippen molar-refractivity contribution in [1.82, 2.24) is 9.80 Å². The van der Waals surface area contributed by atoms with E-state index in [1.54, 1.807) is 25.1 Å². The third kappa shape index (κ3) is 4.09. The number of aryl methyl sites for hydroxylation is 1. The summed E-state index contributed by atoms with van der Waals surface area (Å²) in [4.78, 5) is 55.2. The van der Waals surface area contributed by atoms with Crippen molar-refractivity contribution in [2.45, 2.75) is 37.3 Å². The lowest BCUT2D eigenvalue weighted by molar-refractivity contribution is -0.148. The molecule has 1 fully saturated rings. The highest BCUT2D eigenvalue weighted by atomic mass is 16.5. The van der Waals surface area contributed by atoms with Crippen molar-refractivity contribution >= 4 is 23.4 Å². The number of ether oxygens (including phenoxy) is 1. The molecule has 0 radical (unpaired) electrons. The Morgan fingerprint density at radius 3 is 2.45 bits per heavy atom. The molecule has 0 saturated carbocycles. The number of hydrogen-bond donors (Lipinski definition) is 5. The number of phenols is 1. The number of aromatic hydroxyl groups is 1. The number of nitrogens with zero attached hydrogens (tertiary/aromatic N) is 2. The maximum atomic E-state index is 13.8. The summed E-state index contributed by atoms with van der Waals surface area (Å²) in [6.45, 7) is 1.97. The molecule has 4 atom stereocenters. The zero-order chi connectivity index (χ0) is 29.1. The van der Waals surface area contributed by atoms with Gasteiger partial charge in [-0.2, -0.15) is 0 Å². The number of Topliss-reactive ketones (excluding diaryl/α,β-unsaturated/α-hetero) is 2. The van der Waals surface area contributed by atoms with E-state index in [9.17, 15) is 39.6 Å². The molecule has 1 aromatic carbocycles. The van der Waals surface area contributed by atoms with Crippen molar-refractivity contribution in [3.8, 4) is 5.75 Å². The Balaban J connectivity index is 1.55. The van der Waals surface area contributed by atoms with E-state index in [4.69, 9.17) is 10.5 Å². The van der Waals surface area contributed by atoms with Gasteiger partial charge in [-0.25, -0.2) is 0 Å². The van der Waals surface area contributed by atoms with Gasteiger partial charge in [-0.3, -0.25) is 24.1 Å².